The number of aliphatic hydroxyl groups is 1. The van der Waals surface area contributed by atoms with E-state index in [0.717, 1.165) is 65.7 Å². The Morgan fingerprint density at radius 1 is 0.485 bits per heavy atom. The Morgan fingerprint density at radius 2 is 1.06 bits per heavy atom. The van der Waals surface area contributed by atoms with Crippen LogP contribution in [0.3, 0.4) is 0 Å². The van der Waals surface area contributed by atoms with Gasteiger partial charge in [-0.05, 0) is 147 Å². The lowest BCUT2D eigenvalue weighted by Gasteiger charge is -2.31. The van der Waals surface area contributed by atoms with E-state index in [1.54, 1.807) is 36.4 Å². The molecule has 6 aliphatic heterocycles. The molecule has 0 unspecified atom stereocenters. The van der Waals surface area contributed by atoms with Crippen LogP contribution in [0.15, 0.2) is 164 Å². The molecule has 0 saturated carbocycles. The molecule has 0 radical (unpaired) electrons. The van der Waals surface area contributed by atoms with Crippen LogP contribution >= 0.6 is 34.8 Å². The summed E-state index contributed by atoms with van der Waals surface area (Å²) >= 11 is 20.0. The number of ether oxygens (including phenoxy) is 3. The van der Waals surface area contributed by atoms with Crippen molar-refractivity contribution in [1.82, 2.24) is 37.2 Å². The van der Waals surface area contributed by atoms with E-state index in [-0.39, 0.29) is 90.5 Å². The van der Waals surface area contributed by atoms with E-state index in [2.05, 4.69) is 37.2 Å². The Labute approximate surface area is 575 Å². The second-order valence-corrected chi connectivity index (χ2v) is 24.9. The molecular formula is C71H55Cl3N8O17. The van der Waals surface area contributed by atoms with Crippen molar-refractivity contribution in [3.63, 3.8) is 0 Å². The SMILES string of the molecule is N[C@H]1C(=O)N[C@@H]2Cc3ccc(c(Cl)c3)Oc3cc4cc(c3O)Oc3ccc(cc3Cl)[C@@H](O)[C@@H]3NC(=O)[C@@H](NC(=O)[C@@H]4NC(=O)[C@@H](NC2=O)c2cc(O)cc(c2)Oc2cc1ccc2O)c1ccc(O)c(c1)-c1c(O)cc(O)cc1[C@@H](C(=O)NCc1ccc(-c2ccc(Cl)cc2)cc1)NC3=O. The van der Waals surface area contributed by atoms with Crippen LogP contribution in [-0.2, 0) is 46.5 Å². The van der Waals surface area contributed by atoms with Crippen LogP contribution in [0.1, 0.15) is 80.8 Å². The Morgan fingerprint density at radius 3 is 1.74 bits per heavy atom. The molecule has 502 valence electrons. The Balaban J connectivity index is 0.967. The maximum Gasteiger partial charge on any atom is 0.248 e. The number of hydrogen-bond acceptors (Lipinski definition) is 18. The van der Waals surface area contributed by atoms with Gasteiger partial charge in [0, 0.05) is 41.2 Å². The molecule has 28 heteroatoms. The van der Waals surface area contributed by atoms with E-state index in [4.69, 9.17) is 54.7 Å². The summed E-state index contributed by atoms with van der Waals surface area (Å²) in [6.45, 7) is -0.165. The Kier molecular flexibility index (Phi) is 17.8. The Hall–Kier alpha value is -11.7. The van der Waals surface area contributed by atoms with Gasteiger partial charge in [-0.25, -0.2) is 0 Å². The van der Waals surface area contributed by atoms with Crippen molar-refractivity contribution in [1.29, 1.82) is 0 Å². The summed E-state index contributed by atoms with van der Waals surface area (Å²) in [6.07, 6.45) is -2.46. The van der Waals surface area contributed by atoms with Crippen molar-refractivity contribution in [3.05, 3.63) is 223 Å². The number of halogens is 3. The van der Waals surface area contributed by atoms with Gasteiger partial charge in [0.15, 0.2) is 23.0 Å². The fourth-order valence-electron chi connectivity index (χ4n) is 12.0. The third-order valence-corrected chi connectivity index (χ3v) is 17.9. The summed E-state index contributed by atoms with van der Waals surface area (Å²) in [4.78, 5) is 107. The highest BCUT2D eigenvalue weighted by Crippen LogP contribution is 2.48. The summed E-state index contributed by atoms with van der Waals surface area (Å²) in [5.41, 5.74) is 7.15. The van der Waals surface area contributed by atoms with Gasteiger partial charge in [-0.3, -0.25) is 33.6 Å². The molecule has 25 nitrogen and oxygen atoms in total. The quantitative estimate of drug-likeness (QED) is 0.0784. The van der Waals surface area contributed by atoms with Crippen molar-refractivity contribution in [3.8, 4) is 91.2 Å². The van der Waals surface area contributed by atoms with E-state index < -0.39 is 136 Å². The van der Waals surface area contributed by atoms with Crippen molar-refractivity contribution < 1.29 is 83.5 Å². The zero-order valence-electron chi connectivity index (χ0n) is 51.0. The molecule has 16 N–H and O–H groups in total. The monoisotopic (exact) mass is 1400 g/mol. The number of benzene rings is 9. The summed E-state index contributed by atoms with van der Waals surface area (Å²) in [5, 5.41) is 100. The normalized spacial score (nSPS) is 20.5. The molecule has 9 aromatic carbocycles. The van der Waals surface area contributed by atoms with Crippen molar-refractivity contribution in [2.75, 3.05) is 0 Å². The smallest absolute Gasteiger partial charge is 0.248 e. The highest BCUT2D eigenvalue weighted by molar-refractivity contribution is 6.32. The van der Waals surface area contributed by atoms with Gasteiger partial charge in [-0.15, -0.1) is 0 Å². The largest absolute Gasteiger partial charge is 0.508 e. The number of phenolic OH excluding ortho intramolecular Hbond substituents is 6. The fourth-order valence-corrected chi connectivity index (χ4v) is 12.6. The molecular weight excluding hydrogens is 1340 g/mol. The highest BCUT2D eigenvalue weighted by Gasteiger charge is 2.41. The van der Waals surface area contributed by atoms with E-state index in [9.17, 15) is 45.3 Å². The molecule has 6 heterocycles. The summed E-state index contributed by atoms with van der Waals surface area (Å²) in [7, 11) is 0. The number of nitrogens with two attached hydrogens (primary N) is 1. The maximum absolute atomic E-state index is 16.0. The van der Waals surface area contributed by atoms with Crippen LogP contribution in [0, 0.1) is 0 Å². The molecule has 99 heavy (non-hydrogen) atoms. The minimum absolute atomic E-state index is 0.121. The predicted molar refractivity (Wildman–Crippen MR) is 356 cm³/mol. The number of carbonyl (C=O) groups excluding carboxylic acids is 7. The molecule has 0 aromatic heterocycles. The van der Waals surface area contributed by atoms with Gasteiger partial charge in [0.1, 0.15) is 88.6 Å². The minimum atomic E-state index is -2.17. The first-order chi connectivity index (χ1) is 47.4. The molecule has 8 atom stereocenters. The number of phenols is 6. The lowest BCUT2D eigenvalue weighted by molar-refractivity contribution is -0.137. The van der Waals surface area contributed by atoms with Gasteiger partial charge in [0.05, 0.1) is 10.0 Å². The second kappa shape index (κ2) is 26.7. The zero-order chi connectivity index (χ0) is 69.8. The molecule has 17 bridgehead atoms. The molecule has 9 aromatic rings. The van der Waals surface area contributed by atoms with Gasteiger partial charge < -0.3 is 92.9 Å². The number of nitrogens with one attached hydrogen (secondary N) is 7. The van der Waals surface area contributed by atoms with Gasteiger partial charge in [0.2, 0.25) is 47.1 Å². The Bertz CT molecular complexity index is 4850. The van der Waals surface area contributed by atoms with E-state index >= 15 is 24.0 Å². The van der Waals surface area contributed by atoms with Gasteiger partial charge in [-0.1, -0.05) is 95.5 Å². The lowest BCUT2D eigenvalue weighted by Crippen LogP contribution is -2.55. The molecule has 0 spiro atoms. The van der Waals surface area contributed by atoms with Crippen LogP contribution in [0.4, 0.5) is 0 Å². The highest BCUT2D eigenvalue weighted by atomic mass is 35.5. The second-order valence-electron chi connectivity index (χ2n) is 23.7. The summed E-state index contributed by atoms with van der Waals surface area (Å²) in [5.74, 6) is -13.7. The van der Waals surface area contributed by atoms with Crippen LogP contribution in [0.5, 0.6) is 69.0 Å². The third-order valence-electron chi connectivity index (χ3n) is 17.1. The zero-order valence-corrected chi connectivity index (χ0v) is 53.3. The molecule has 7 amide bonds. The number of fused-ring (bicyclic) bond motifs is 14. The number of aliphatic hydroxyl groups excluding tert-OH is 1. The standard InChI is InChI=1S/C71H55Cl3N8O17/c72-39-11-6-33(7-12-39)32-4-1-30(2-5-32)29-76-67(92)61-44-27-41(84)28-50(87)56(44)43-21-35(9-13-48(43)85)58-68(93)82-62(71(96)81-61)63(88)36-10-16-52(46(74)22-36)99-55-25-38-24-54(64(55)89)98-51-15-3-31(17-45(51)73)18-47-65(90)78-59(69(94)80-60(38)70(95)79-58)37-19-40(83)26-42(20-37)97-53-23-34(8-14-49(53)86)57(75)66(91)77-47/h1-17,19-28,47,57-63,83-89H,18,29,75H2,(H,76,92)(H,77,91)(H,78,90)(H,79,95)(H,80,94)(H,81,96)(H,82,93)/t47-,57-,58+,59+,60-,61+,62+,63-/m1/s1. The predicted octanol–water partition coefficient (Wildman–Crippen LogP) is 8.54. The van der Waals surface area contributed by atoms with Crippen LogP contribution in [0.2, 0.25) is 15.1 Å². The van der Waals surface area contributed by atoms with Crippen LogP contribution in [0.25, 0.3) is 22.3 Å². The van der Waals surface area contributed by atoms with Gasteiger partial charge >= 0.3 is 0 Å². The van der Waals surface area contributed by atoms with Crippen molar-refractivity contribution in [2.45, 2.75) is 61.4 Å². The molecule has 0 aliphatic carbocycles. The molecule has 15 rings (SSSR count). The minimum Gasteiger partial charge on any atom is -0.508 e. The summed E-state index contributed by atoms with van der Waals surface area (Å²) < 4.78 is 18.6. The van der Waals surface area contributed by atoms with Crippen LogP contribution in [-0.4, -0.2) is 89.2 Å². The fraction of sp³-hybridized carbons (Fsp3) is 0.141. The number of aromatic hydroxyl groups is 6. The molecule has 6 aliphatic rings. The third kappa shape index (κ3) is 13.5. The van der Waals surface area contributed by atoms with Crippen molar-refractivity contribution in [2.24, 2.45) is 5.73 Å². The van der Waals surface area contributed by atoms with Crippen LogP contribution < -0.4 is 57.2 Å². The van der Waals surface area contributed by atoms with E-state index in [0.29, 0.717) is 16.1 Å². The lowest BCUT2D eigenvalue weighted by atomic mass is 9.89. The maximum atomic E-state index is 16.0. The van der Waals surface area contributed by atoms with Gasteiger partial charge in [-0.2, -0.15) is 0 Å². The molecule has 0 saturated heterocycles. The average molecular weight is 1400 g/mol. The number of carbonyl (C=O) groups is 7. The number of rotatable bonds is 4. The van der Waals surface area contributed by atoms with Gasteiger partial charge in [0.25, 0.3) is 0 Å². The first kappa shape index (κ1) is 65.9. The van der Waals surface area contributed by atoms with E-state index in [1.165, 1.54) is 60.7 Å². The first-order valence-corrected chi connectivity index (χ1v) is 31.5. The van der Waals surface area contributed by atoms with E-state index in [1.807, 2.05) is 12.1 Å². The molecule has 0 fully saturated rings. The summed E-state index contributed by atoms with van der Waals surface area (Å²) in [6, 6.07) is 23.3. The first-order valence-electron chi connectivity index (χ1n) is 30.3. The topological polar surface area (TPSA) is 399 Å². The number of amides is 7. The average Bonchev–Trinajstić information content (AvgIpc) is 0.769. The number of hydrogen-bond donors (Lipinski definition) is 15. The van der Waals surface area contributed by atoms with Crippen molar-refractivity contribution >= 4 is 76.2 Å².